The Hall–Kier alpha value is -3.23. The van der Waals surface area contributed by atoms with Crippen LogP contribution in [-0.4, -0.2) is 52.2 Å². The second-order valence-electron chi connectivity index (χ2n) is 8.65. The number of aliphatic hydroxyl groups excluding tert-OH is 1. The third-order valence-electron chi connectivity index (χ3n) is 6.10. The van der Waals surface area contributed by atoms with Crippen LogP contribution >= 0.6 is 11.3 Å². The summed E-state index contributed by atoms with van der Waals surface area (Å²) in [6.45, 7) is 3.71. The smallest absolute Gasteiger partial charge is 0.255 e. The summed E-state index contributed by atoms with van der Waals surface area (Å²) in [5.41, 5.74) is 2.95. The standard InChI is InChI=1S/C26H27N3O4S/c1-18-27-22(16-34-18)15-29-14-21-6-3-2-5-20(21)13-26(25(29)31)17-33-24(28-26)19-7-9-23(10-8-19)32-12-4-11-30/h2-3,5-10,16,30H,4,11-15,17H2,1H3/t26-/m1/s1. The van der Waals surface area contributed by atoms with E-state index >= 15 is 0 Å². The van der Waals surface area contributed by atoms with Crippen LogP contribution in [0, 0.1) is 6.92 Å². The Balaban J connectivity index is 1.44. The van der Waals surface area contributed by atoms with Crippen LogP contribution in [0.4, 0.5) is 0 Å². The summed E-state index contributed by atoms with van der Waals surface area (Å²) >= 11 is 1.59. The number of fused-ring (bicyclic) bond motifs is 1. The lowest BCUT2D eigenvalue weighted by Gasteiger charge is -2.27. The molecule has 176 valence electrons. The molecule has 0 radical (unpaired) electrons. The molecule has 1 amide bonds. The Bertz CT molecular complexity index is 1210. The van der Waals surface area contributed by atoms with Gasteiger partial charge in [0.25, 0.3) is 5.91 Å². The van der Waals surface area contributed by atoms with Crippen molar-refractivity contribution in [2.24, 2.45) is 4.99 Å². The van der Waals surface area contributed by atoms with E-state index in [1.807, 2.05) is 53.6 Å². The fraction of sp³-hybridized carbons (Fsp3) is 0.346. The van der Waals surface area contributed by atoms with Gasteiger partial charge in [0.1, 0.15) is 12.4 Å². The number of benzene rings is 2. The third-order valence-corrected chi connectivity index (χ3v) is 6.93. The Morgan fingerprint density at radius 1 is 1.18 bits per heavy atom. The Labute approximate surface area is 202 Å². The lowest BCUT2D eigenvalue weighted by atomic mass is 9.91. The van der Waals surface area contributed by atoms with Crippen molar-refractivity contribution in [1.29, 1.82) is 0 Å². The summed E-state index contributed by atoms with van der Waals surface area (Å²) in [6.07, 6.45) is 1.08. The number of hydrogen-bond acceptors (Lipinski definition) is 7. The number of aromatic nitrogens is 1. The van der Waals surface area contributed by atoms with Gasteiger partial charge in [-0.25, -0.2) is 9.98 Å². The molecule has 3 heterocycles. The van der Waals surface area contributed by atoms with E-state index in [1.54, 1.807) is 11.3 Å². The van der Waals surface area contributed by atoms with Gasteiger partial charge < -0.3 is 19.5 Å². The van der Waals surface area contributed by atoms with Crippen LogP contribution in [0.5, 0.6) is 5.75 Å². The minimum atomic E-state index is -0.997. The van der Waals surface area contributed by atoms with Gasteiger partial charge in [0.2, 0.25) is 5.90 Å². The largest absolute Gasteiger partial charge is 0.494 e. The van der Waals surface area contributed by atoms with Crippen molar-refractivity contribution in [2.75, 3.05) is 19.8 Å². The van der Waals surface area contributed by atoms with Gasteiger partial charge in [-0.2, -0.15) is 0 Å². The van der Waals surface area contributed by atoms with E-state index in [2.05, 4.69) is 17.1 Å². The molecule has 2 aliphatic heterocycles. The molecular formula is C26H27N3O4S. The third kappa shape index (κ3) is 4.56. The summed E-state index contributed by atoms with van der Waals surface area (Å²) in [4.78, 5) is 25.2. The van der Waals surface area contributed by atoms with Crippen LogP contribution in [0.3, 0.4) is 0 Å². The quantitative estimate of drug-likeness (QED) is 0.527. The van der Waals surface area contributed by atoms with Crippen LogP contribution in [0.25, 0.3) is 0 Å². The minimum absolute atomic E-state index is 0.0340. The molecule has 5 rings (SSSR count). The molecule has 1 spiro atoms. The van der Waals surface area contributed by atoms with Crippen molar-refractivity contribution in [3.63, 3.8) is 0 Å². The average Bonchev–Trinajstić information content (AvgIpc) is 3.44. The van der Waals surface area contributed by atoms with E-state index < -0.39 is 5.54 Å². The number of aryl methyl sites for hydroxylation is 1. The van der Waals surface area contributed by atoms with Crippen LogP contribution in [-0.2, 0) is 29.0 Å². The highest BCUT2D eigenvalue weighted by Gasteiger charge is 2.48. The summed E-state index contributed by atoms with van der Waals surface area (Å²) in [6, 6.07) is 15.6. The van der Waals surface area contributed by atoms with Gasteiger partial charge in [-0.15, -0.1) is 11.3 Å². The van der Waals surface area contributed by atoms with Gasteiger partial charge in [0.05, 0.1) is 23.9 Å². The SMILES string of the molecule is Cc1nc(CN2Cc3ccccc3C[C@@]3(COC(c4ccc(OCCCO)cc4)=N3)C2=O)cs1. The van der Waals surface area contributed by atoms with E-state index in [-0.39, 0.29) is 19.1 Å². The predicted octanol–water partition coefficient (Wildman–Crippen LogP) is 3.51. The number of aliphatic imine (C=N–C) groups is 1. The molecule has 1 N–H and O–H groups in total. The molecule has 34 heavy (non-hydrogen) atoms. The molecule has 2 aromatic carbocycles. The summed E-state index contributed by atoms with van der Waals surface area (Å²) < 4.78 is 11.6. The molecule has 8 heteroatoms. The molecule has 2 aliphatic rings. The van der Waals surface area contributed by atoms with Crippen LogP contribution in [0.15, 0.2) is 58.9 Å². The normalized spacial score (nSPS) is 19.5. The molecule has 0 saturated heterocycles. The molecule has 0 fully saturated rings. The molecule has 0 bridgehead atoms. The lowest BCUT2D eigenvalue weighted by Crippen LogP contribution is -2.48. The van der Waals surface area contributed by atoms with Gasteiger partial charge in [-0.05, 0) is 42.3 Å². The molecule has 7 nitrogen and oxygen atoms in total. The van der Waals surface area contributed by atoms with Gasteiger partial charge in [0.15, 0.2) is 5.54 Å². The molecular weight excluding hydrogens is 450 g/mol. The second kappa shape index (κ2) is 9.56. The van der Waals surface area contributed by atoms with Crippen molar-refractivity contribution in [3.05, 3.63) is 81.3 Å². The first-order valence-electron chi connectivity index (χ1n) is 11.4. The van der Waals surface area contributed by atoms with Crippen molar-refractivity contribution in [3.8, 4) is 5.75 Å². The van der Waals surface area contributed by atoms with Crippen LogP contribution < -0.4 is 4.74 Å². The first-order chi connectivity index (χ1) is 16.6. The van der Waals surface area contributed by atoms with Crippen molar-refractivity contribution in [2.45, 2.75) is 38.4 Å². The van der Waals surface area contributed by atoms with Gasteiger partial charge >= 0.3 is 0 Å². The number of amides is 1. The number of hydrogen-bond donors (Lipinski definition) is 1. The fourth-order valence-corrected chi connectivity index (χ4v) is 5.00. The molecule has 0 unspecified atom stereocenters. The number of carbonyl (C=O) groups excluding carboxylic acids is 1. The van der Waals surface area contributed by atoms with Crippen molar-refractivity contribution < 1.29 is 19.4 Å². The number of nitrogens with zero attached hydrogens (tertiary/aromatic N) is 3. The number of thiazole rings is 1. The molecule has 3 aromatic rings. The zero-order valence-electron chi connectivity index (χ0n) is 19.1. The van der Waals surface area contributed by atoms with Gasteiger partial charge in [0, 0.05) is 36.9 Å². The monoisotopic (exact) mass is 477 g/mol. The average molecular weight is 478 g/mol. The predicted molar refractivity (Wildman–Crippen MR) is 130 cm³/mol. The fourth-order valence-electron chi connectivity index (χ4n) is 4.39. The summed E-state index contributed by atoms with van der Waals surface area (Å²) in [7, 11) is 0. The van der Waals surface area contributed by atoms with E-state index in [4.69, 9.17) is 19.6 Å². The molecule has 0 saturated carbocycles. The number of carbonyl (C=O) groups is 1. The number of aliphatic hydroxyl groups is 1. The first kappa shape index (κ1) is 22.6. The zero-order chi connectivity index (χ0) is 23.5. The summed E-state index contributed by atoms with van der Waals surface area (Å²) in [5, 5.41) is 11.9. The molecule has 1 aromatic heterocycles. The second-order valence-corrected chi connectivity index (χ2v) is 9.71. The zero-order valence-corrected chi connectivity index (χ0v) is 19.9. The summed E-state index contributed by atoms with van der Waals surface area (Å²) in [5.74, 6) is 1.15. The Morgan fingerprint density at radius 3 is 2.71 bits per heavy atom. The van der Waals surface area contributed by atoms with Crippen LogP contribution in [0.1, 0.15) is 33.8 Å². The maximum atomic E-state index is 13.9. The Morgan fingerprint density at radius 2 is 1.97 bits per heavy atom. The molecule has 0 aliphatic carbocycles. The highest BCUT2D eigenvalue weighted by molar-refractivity contribution is 7.09. The van der Waals surface area contributed by atoms with Crippen LogP contribution in [0.2, 0.25) is 0 Å². The molecule has 1 atom stereocenters. The maximum Gasteiger partial charge on any atom is 0.255 e. The minimum Gasteiger partial charge on any atom is -0.494 e. The van der Waals surface area contributed by atoms with E-state index in [9.17, 15) is 4.79 Å². The number of rotatable bonds is 7. The lowest BCUT2D eigenvalue weighted by molar-refractivity contribution is -0.138. The van der Waals surface area contributed by atoms with E-state index in [0.29, 0.717) is 38.4 Å². The van der Waals surface area contributed by atoms with E-state index in [1.165, 1.54) is 0 Å². The Kier molecular flexibility index (Phi) is 6.34. The topological polar surface area (TPSA) is 84.2 Å². The van der Waals surface area contributed by atoms with E-state index in [0.717, 1.165) is 33.1 Å². The van der Waals surface area contributed by atoms with Crippen molar-refractivity contribution in [1.82, 2.24) is 9.88 Å². The van der Waals surface area contributed by atoms with Gasteiger partial charge in [-0.1, -0.05) is 24.3 Å². The van der Waals surface area contributed by atoms with Gasteiger partial charge in [-0.3, -0.25) is 4.79 Å². The van der Waals surface area contributed by atoms with Crippen molar-refractivity contribution >= 4 is 23.1 Å². The number of ether oxygens (including phenoxy) is 2. The first-order valence-corrected chi connectivity index (χ1v) is 12.3. The highest BCUT2D eigenvalue weighted by atomic mass is 32.1. The maximum absolute atomic E-state index is 13.9. The highest BCUT2D eigenvalue weighted by Crippen LogP contribution is 2.34.